The van der Waals surface area contributed by atoms with E-state index in [-0.39, 0.29) is 12.1 Å². The van der Waals surface area contributed by atoms with Gasteiger partial charge >= 0.3 is 5.97 Å². The fraction of sp³-hybridized carbons (Fsp3) is 0.933. The first kappa shape index (κ1) is 15.5. The Hall–Kier alpha value is -0.570. The predicted octanol–water partition coefficient (Wildman–Crippen LogP) is 2.99. The van der Waals surface area contributed by atoms with Gasteiger partial charge in [0, 0.05) is 6.42 Å². The highest BCUT2D eigenvalue weighted by Gasteiger charge is 2.33. The highest BCUT2D eigenvalue weighted by Crippen LogP contribution is 2.35. The molecule has 1 aliphatic carbocycles. The van der Waals surface area contributed by atoms with Crippen LogP contribution in [0.5, 0.6) is 0 Å². The van der Waals surface area contributed by atoms with Gasteiger partial charge in [-0.25, -0.2) is 0 Å². The van der Waals surface area contributed by atoms with E-state index in [4.69, 9.17) is 4.74 Å². The number of hydrogen-bond acceptors (Lipinski definition) is 3. The van der Waals surface area contributed by atoms with Crippen molar-refractivity contribution in [2.75, 3.05) is 13.6 Å². The normalized spacial score (nSPS) is 28.4. The zero-order valence-corrected chi connectivity index (χ0v) is 12.4. The van der Waals surface area contributed by atoms with Crippen LogP contribution < -0.4 is 5.32 Å². The van der Waals surface area contributed by atoms with Crippen molar-refractivity contribution in [3.8, 4) is 0 Å². The molecular formula is C15H29NO2. The molecule has 3 heteroatoms. The van der Waals surface area contributed by atoms with E-state index in [1.165, 1.54) is 12.8 Å². The summed E-state index contributed by atoms with van der Waals surface area (Å²) in [5.41, 5.74) is 0. The number of carbonyl (C=O) groups excluding carboxylic acids is 1. The van der Waals surface area contributed by atoms with Gasteiger partial charge in [-0.2, -0.15) is 0 Å². The molecule has 0 aromatic heterocycles. The van der Waals surface area contributed by atoms with Gasteiger partial charge in [-0.15, -0.1) is 0 Å². The number of esters is 1. The van der Waals surface area contributed by atoms with Crippen molar-refractivity contribution in [3.05, 3.63) is 0 Å². The van der Waals surface area contributed by atoms with Crippen LogP contribution in [0.25, 0.3) is 0 Å². The fourth-order valence-electron chi connectivity index (χ4n) is 2.89. The predicted molar refractivity (Wildman–Crippen MR) is 74.4 cm³/mol. The highest BCUT2D eigenvalue weighted by molar-refractivity contribution is 5.69. The molecule has 1 saturated carbocycles. The minimum Gasteiger partial charge on any atom is -0.462 e. The van der Waals surface area contributed by atoms with Crippen LogP contribution in [0, 0.1) is 17.8 Å². The average molecular weight is 255 g/mol. The monoisotopic (exact) mass is 255 g/mol. The molecule has 1 N–H and O–H groups in total. The summed E-state index contributed by atoms with van der Waals surface area (Å²) in [6, 6.07) is 0. The Morgan fingerprint density at radius 2 is 2.11 bits per heavy atom. The maximum absolute atomic E-state index is 11.8. The molecule has 0 saturated heterocycles. The number of ether oxygens (including phenoxy) is 1. The average Bonchev–Trinajstić information content (AvgIpc) is 2.29. The molecule has 0 amide bonds. The van der Waals surface area contributed by atoms with Crippen molar-refractivity contribution in [1.29, 1.82) is 0 Å². The standard InChI is InChI=1S/C15H29NO2/c1-11(2)13-8-7-12(3)10-14(13)18-15(17)6-5-9-16-4/h11-14,16H,5-10H2,1-4H3. The second kappa shape index (κ2) is 7.78. The van der Waals surface area contributed by atoms with Crippen molar-refractivity contribution in [2.24, 2.45) is 17.8 Å². The van der Waals surface area contributed by atoms with Crippen LogP contribution in [0.15, 0.2) is 0 Å². The van der Waals surface area contributed by atoms with Gasteiger partial charge in [-0.1, -0.05) is 27.2 Å². The summed E-state index contributed by atoms with van der Waals surface area (Å²) in [7, 11) is 1.91. The van der Waals surface area contributed by atoms with Crippen LogP contribution in [0.2, 0.25) is 0 Å². The van der Waals surface area contributed by atoms with Crippen LogP contribution in [0.4, 0.5) is 0 Å². The van der Waals surface area contributed by atoms with E-state index < -0.39 is 0 Å². The lowest BCUT2D eigenvalue weighted by Gasteiger charge is -2.36. The summed E-state index contributed by atoms with van der Waals surface area (Å²) < 4.78 is 5.72. The molecule has 0 aromatic carbocycles. The number of carbonyl (C=O) groups is 1. The Labute approximate surface area is 112 Å². The SMILES string of the molecule is CNCCCC(=O)OC1CC(C)CCC1C(C)C. The molecule has 0 bridgehead atoms. The maximum Gasteiger partial charge on any atom is 0.306 e. The molecule has 0 radical (unpaired) electrons. The van der Waals surface area contributed by atoms with Gasteiger partial charge in [-0.05, 0) is 50.6 Å². The molecule has 106 valence electrons. The first-order valence-corrected chi connectivity index (χ1v) is 7.38. The molecule has 3 atom stereocenters. The summed E-state index contributed by atoms with van der Waals surface area (Å²) in [6.07, 6.45) is 5.07. The Bertz CT molecular complexity index is 253. The molecular weight excluding hydrogens is 226 g/mol. The number of rotatable bonds is 6. The Morgan fingerprint density at radius 3 is 2.72 bits per heavy atom. The van der Waals surface area contributed by atoms with E-state index in [9.17, 15) is 4.79 Å². The first-order chi connectivity index (χ1) is 8.54. The minimum atomic E-state index is -0.0185. The van der Waals surface area contributed by atoms with Gasteiger partial charge in [0.25, 0.3) is 0 Å². The lowest BCUT2D eigenvalue weighted by molar-refractivity contribution is -0.156. The van der Waals surface area contributed by atoms with Crippen LogP contribution in [0.3, 0.4) is 0 Å². The summed E-state index contributed by atoms with van der Waals surface area (Å²) >= 11 is 0. The van der Waals surface area contributed by atoms with E-state index in [0.29, 0.717) is 24.2 Å². The molecule has 3 unspecified atom stereocenters. The van der Waals surface area contributed by atoms with E-state index in [2.05, 4.69) is 26.1 Å². The molecule has 3 nitrogen and oxygen atoms in total. The zero-order valence-electron chi connectivity index (χ0n) is 12.4. The third-order valence-corrected chi connectivity index (χ3v) is 4.05. The van der Waals surface area contributed by atoms with Crippen molar-refractivity contribution in [1.82, 2.24) is 5.32 Å². The number of nitrogens with one attached hydrogen (secondary N) is 1. The van der Waals surface area contributed by atoms with Crippen LogP contribution in [-0.2, 0) is 9.53 Å². The Morgan fingerprint density at radius 1 is 1.39 bits per heavy atom. The van der Waals surface area contributed by atoms with Crippen molar-refractivity contribution in [2.45, 2.75) is 59.0 Å². The summed E-state index contributed by atoms with van der Waals surface area (Å²) in [5, 5.41) is 3.05. The Kier molecular flexibility index (Phi) is 6.69. The molecule has 1 fully saturated rings. The van der Waals surface area contributed by atoms with E-state index >= 15 is 0 Å². The third kappa shape index (κ3) is 4.97. The van der Waals surface area contributed by atoms with Crippen LogP contribution in [0.1, 0.15) is 52.9 Å². The van der Waals surface area contributed by atoms with Gasteiger partial charge < -0.3 is 10.1 Å². The van der Waals surface area contributed by atoms with Gasteiger partial charge in [-0.3, -0.25) is 4.79 Å². The first-order valence-electron chi connectivity index (χ1n) is 7.38. The van der Waals surface area contributed by atoms with Gasteiger partial charge in [0.2, 0.25) is 0 Å². The minimum absolute atomic E-state index is 0.0185. The smallest absolute Gasteiger partial charge is 0.306 e. The molecule has 18 heavy (non-hydrogen) atoms. The Balaban J connectivity index is 2.42. The number of hydrogen-bond donors (Lipinski definition) is 1. The molecule has 0 spiro atoms. The van der Waals surface area contributed by atoms with Crippen LogP contribution in [-0.4, -0.2) is 25.7 Å². The highest BCUT2D eigenvalue weighted by atomic mass is 16.5. The fourth-order valence-corrected chi connectivity index (χ4v) is 2.89. The summed E-state index contributed by atoms with van der Waals surface area (Å²) in [6.45, 7) is 7.62. The summed E-state index contributed by atoms with van der Waals surface area (Å²) in [5.74, 6) is 1.83. The second-order valence-corrected chi connectivity index (χ2v) is 6.06. The van der Waals surface area contributed by atoms with Crippen LogP contribution >= 0.6 is 0 Å². The molecule has 0 aliphatic heterocycles. The molecule has 0 heterocycles. The zero-order chi connectivity index (χ0) is 13.5. The van der Waals surface area contributed by atoms with Gasteiger partial charge in [0.1, 0.15) is 6.10 Å². The van der Waals surface area contributed by atoms with E-state index in [1.54, 1.807) is 0 Å². The molecule has 0 aromatic rings. The maximum atomic E-state index is 11.8. The van der Waals surface area contributed by atoms with E-state index in [0.717, 1.165) is 19.4 Å². The van der Waals surface area contributed by atoms with E-state index in [1.807, 2.05) is 7.05 Å². The second-order valence-electron chi connectivity index (χ2n) is 6.06. The lowest BCUT2D eigenvalue weighted by Crippen LogP contribution is -2.35. The molecule has 1 aliphatic rings. The largest absolute Gasteiger partial charge is 0.462 e. The van der Waals surface area contributed by atoms with Crippen molar-refractivity contribution < 1.29 is 9.53 Å². The quantitative estimate of drug-likeness (QED) is 0.586. The molecule has 1 rings (SSSR count). The topological polar surface area (TPSA) is 38.3 Å². The van der Waals surface area contributed by atoms with Gasteiger partial charge in [0.15, 0.2) is 0 Å². The third-order valence-electron chi connectivity index (χ3n) is 4.05. The lowest BCUT2D eigenvalue weighted by atomic mass is 9.75. The van der Waals surface area contributed by atoms with Gasteiger partial charge in [0.05, 0.1) is 0 Å². The van der Waals surface area contributed by atoms with Crippen molar-refractivity contribution in [3.63, 3.8) is 0 Å². The summed E-state index contributed by atoms with van der Waals surface area (Å²) in [4.78, 5) is 11.8. The van der Waals surface area contributed by atoms with Crippen molar-refractivity contribution >= 4 is 5.97 Å².